The molecule has 3 aliphatic carbocycles. The van der Waals surface area contributed by atoms with Gasteiger partial charge >= 0.3 is 0 Å². The Morgan fingerprint density at radius 2 is 1.66 bits per heavy atom. The molecule has 2 atom stereocenters. The van der Waals surface area contributed by atoms with E-state index in [-0.39, 0.29) is 23.0 Å². The Hall–Kier alpha value is -1.54. The summed E-state index contributed by atoms with van der Waals surface area (Å²) in [4.78, 5) is 12.4. The van der Waals surface area contributed by atoms with Crippen LogP contribution in [0.3, 0.4) is 0 Å². The first-order valence-corrected chi connectivity index (χ1v) is 12.1. The van der Waals surface area contributed by atoms with Gasteiger partial charge in [0.15, 0.2) is 0 Å². The zero-order chi connectivity index (χ0) is 20.4. The summed E-state index contributed by atoms with van der Waals surface area (Å²) in [5, 5.41) is 2.75. The summed E-state index contributed by atoms with van der Waals surface area (Å²) in [5.74, 6) is -0.822. The number of fused-ring (bicyclic) bond motifs is 1. The maximum atomic E-state index is 13.9. The number of carbonyl (C=O) groups excluding carboxylic acids is 1. The van der Waals surface area contributed by atoms with Gasteiger partial charge in [-0.1, -0.05) is 18.9 Å². The van der Waals surface area contributed by atoms with E-state index in [4.69, 9.17) is 0 Å². The zero-order valence-corrected chi connectivity index (χ0v) is 17.1. The first kappa shape index (κ1) is 19.4. The first-order valence-electron chi connectivity index (χ1n) is 10.5. The molecule has 1 amide bonds. The zero-order valence-electron chi connectivity index (χ0n) is 16.2. The number of amides is 1. The predicted molar refractivity (Wildman–Crippen MR) is 104 cm³/mol. The predicted octanol–water partition coefficient (Wildman–Crippen LogP) is 2.78. The third kappa shape index (κ3) is 3.58. The molecule has 1 N–H and O–H groups in total. The molecule has 2 unspecified atom stereocenters. The maximum absolute atomic E-state index is 13.9. The topological polar surface area (TPSA) is 66.5 Å². The standard InChI is InChI=1S/C21H26F2N2O3S/c22-17-2-1-3-18(23)19(17)20(26)24-12-21(8-13-4-5-13)15-9-25(10-16(15)21)29(27,28)11-14-6-7-14/h1-3,13-16H,4-12H2,(H,24,26). The van der Waals surface area contributed by atoms with Crippen molar-refractivity contribution in [1.82, 2.24) is 9.62 Å². The molecule has 8 heteroatoms. The fourth-order valence-corrected chi connectivity index (χ4v) is 7.18. The number of nitrogens with one attached hydrogen (secondary N) is 1. The second kappa shape index (κ2) is 6.74. The lowest BCUT2D eigenvalue weighted by molar-refractivity contribution is 0.0928. The van der Waals surface area contributed by atoms with Gasteiger partial charge in [-0.2, -0.15) is 0 Å². The molecule has 5 nitrogen and oxygen atoms in total. The lowest BCUT2D eigenvalue weighted by Gasteiger charge is -2.27. The highest BCUT2D eigenvalue weighted by atomic mass is 32.2. The molecule has 0 radical (unpaired) electrons. The summed E-state index contributed by atoms with van der Waals surface area (Å²) in [6, 6.07) is 3.39. The molecular weight excluding hydrogens is 398 g/mol. The molecule has 29 heavy (non-hydrogen) atoms. The van der Waals surface area contributed by atoms with Crippen molar-refractivity contribution in [3.8, 4) is 0 Å². The van der Waals surface area contributed by atoms with Crippen molar-refractivity contribution in [1.29, 1.82) is 0 Å². The van der Waals surface area contributed by atoms with Gasteiger partial charge in [-0.05, 0) is 60.5 Å². The molecule has 1 heterocycles. The van der Waals surface area contributed by atoms with Crippen molar-refractivity contribution in [2.45, 2.75) is 32.1 Å². The van der Waals surface area contributed by atoms with Crippen molar-refractivity contribution in [3.63, 3.8) is 0 Å². The van der Waals surface area contributed by atoms with Gasteiger partial charge in [0, 0.05) is 19.6 Å². The summed E-state index contributed by atoms with van der Waals surface area (Å²) in [5.41, 5.74) is -0.682. The van der Waals surface area contributed by atoms with E-state index >= 15 is 0 Å². The number of carbonyl (C=O) groups is 1. The molecule has 0 aromatic heterocycles. The molecule has 1 aromatic rings. The molecule has 1 saturated heterocycles. The summed E-state index contributed by atoms with van der Waals surface area (Å²) >= 11 is 0. The highest BCUT2D eigenvalue weighted by molar-refractivity contribution is 7.89. The molecule has 1 aliphatic heterocycles. The average Bonchev–Trinajstić information content (AvgIpc) is 3.61. The number of benzene rings is 1. The van der Waals surface area contributed by atoms with E-state index in [0.29, 0.717) is 31.5 Å². The second-order valence-corrected chi connectivity index (χ2v) is 11.4. The van der Waals surface area contributed by atoms with Crippen LogP contribution in [-0.2, 0) is 10.0 Å². The van der Waals surface area contributed by atoms with Crippen molar-refractivity contribution < 1.29 is 22.0 Å². The molecular formula is C21H26F2N2O3S. The van der Waals surface area contributed by atoms with Gasteiger partial charge in [0.25, 0.3) is 5.91 Å². The third-order valence-electron chi connectivity index (χ3n) is 7.32. The number of hydrogen-bond donors (Lipinski definition) is 1. The Labute approximate surface area is 169 Å². The van der Waals surface area contributed by atoms with Gasteiger partial charge in [0.2, 0.25) is 10.0 Å². The van der Waals surface area contributed by atoms with Crippen LogP contribution in [0.1, 0.15) is 42.5 Å². The van der Waals surface area contributed by atoms with Crippen LogP contribution >= 0.6 is 0 Å². The largest absolute Gasteiger partial charge is 0.351 e. The molecule has 0 bridgehead atoms. The summed E-state index contributed by atoms with van der Waals surface area (Å²) in [7, 11) is -3.20. The maximum Gasteiger partial charge on any atom is 0.257 e. The van der Waals surface area contributed by atoms with Crippen LogP contribution in [0.5, 0.6) is 0 Å². The van der Waals surface area contributed by atoms with E-state index in [9.17, 15) is 22.0 Å². The molecule has 0 spiro atoms. The first-order chi connectivity index (χ1) is 13.8. The Morgan fingerprint density at radius 1 is 1.07 bits per heavy atom. The fraction of sp³-hybridized carbons (Fsp3) is 0.667. The SMILES string of the molecule is O=C(NCC1(CC2CC2)C2CN(S(=O)(=O)CC3CC3)CC21)c1c(F)cccc1F. The van der Waals surface area contributed by atoms with Crippen molar-refractivity contribution in [2.24, 2.45) is 29.1 Å². The Balaban J connectivity index is 1.26. The van der Waals surface area contributed by atoms with E-state index in [1.807, 2.05) is 0 Å². The van der Waals surface area contributed by atoms with Gasteiger partial charge in [0.1, 0.15) is 17.2 Å². The molecule has 158 valence electrons. The number of piperidine rings is 1. The van der Waals surface area contributed by atoms with E-state index in [0.717, 1.165) is 31.4 Å². The Bertz CT molecular complexity index is 911. The quantitative estimate of drug-likeness (QED) is 0.698. The van der Waals surface area contributed by atoms with E-state index in [1.165, 1.54) is 18.9 Å². The van der Waals surface area contributed by atoms with E-state index in [1.54, 1.807) is 4.31 Å². The van der Waals surface area contributed by atoms with Crippen LogP contribution in [0.15, 0.2) is 18.2 Å². The van der Waals surface area contributed by atoms with Crippen LogP contribution in [0.25, 0.3) is 0 Å². The third-order valence-corrected chi connectivity index (χ3v) is 9.30. The Kier molecular flexibility index (Phi) is 4.51. The Morgan fingerprint density at radius 3 is 2.21 bits per heavy atom. The molecule has 1 aromatic carbocycles. The summed E-state index contributed by atoms with van der Waals surface area (Å²) in [6.07, 6.45) is 5.30. The lowest BCUT2D eigenvalue weighted by atomic mass is 9.92. The van der Waals surface area contributed by atoms with Crippen LogP contribution in [0.2, 0.25) is 0 Å². The fourth-order valence-electron chi connectivity index (χ4n) is 5.26. The van der Waals surface area contributed by atoms with Crippen LogP contribution in [-0.4, -0.2) is 44.0 Å². The van der Waals surface area contributed by atoms with Crippen LogP contribution < -0.4 is 5.32 Å². The molecule has 4 aliphatic rings. The van der Waals surface area contributed by atoms with Crippen molar-refractivity contribution in [3.05, 3.63) is 35.4 Å². The summed E-state index contributed by atoms with van der Waals surface area (Å²) < 4.78 is 54.6. The minimum Gasteiger partial charge on any atom is -0.351 e. The number of halogens is 2. The number of rotatable bonds is 8. The molecule has 4 fully saturated rings. The van der Waals surface area contributed by atoms with Crippen molar-refractivity contribution in [2.75, 3.05) is 25.4 Å². The van der Waals surface area contributed by atoms with Gasteiger partial charge in [-0.3, -0.25) is 4.79 Å². The second-order valence-electron chi connectivity index (χ2n) is 9.41. The van der Waals surface area contributed by atoms with E-state index < -0.39 is 33.1 Å². The number of hydrogen-bond acceptors (Lipinski definition) is 3. The van der Waals surface area contributed by atoms with Crippen molar-refractivity contribution >= 4 is 15.9 Å². The minimum absolute atomic E-state index is 0.135. The number of nitrogens with zero attached hydrogens (tertiary/aromatic N) is 1. The smallest absolute Gasteiger partial charge is 0.257 e. The highest BCUT2D eigenvalue weighted by Gasteiger charge is 2.69. The minimum atomic E-state index is -3.20. The van der Waals surface area contributed by atoms with Crippen LogP contribution in [0.4, 0.5) is 8.78 Å². The molecule has 3 saturated carbocycles. The van der Waals surface area contributed by atoms with Gasteiger partial charge in [0.05, 0.1) is 5.75 Å². The highest BCUT2D eigenvalue weighted by Crippen LogP contribution is 2.67. The monoisotopic (exact) mass is 424 g/mol. The molecule has 5 rings (SSSR count). The normalized spacial score (nSPS) is 31.5. The van der Waals surface area contributed by atoms with Crippen LogP contribution in [0, 0.1) is 40.7 Å². The lowest BCUT2D eigenvalue weighted by Crippen LogP contribution is -2.40. The van der Waals surface area contributed by atoms with Gasteiger partial charge < -0.3 is 5.32 Å². The van der Waals surface area contributed by atoms with E-state index in [2.05, 4.69) is 5.32 Å². The van der Waals surface area contributed by atoms with Gasteiger partial charge in [-0.25, -0.2) is 21.5 Å². The summed E-state index contributed by atoms with van der Waals surface area (Å²) in [6.45, 7) is 1.37. The average molecular weight is 425 g/mol. The van der Waals surface area contributed by atoms with Gasteiger partial charge in [-0.15, -0.1) is 0 Å². The number of sulfonamides is 1.